The van der Waals surface area contributed by atoms with Gasteiger partial charge in [0.15, 0.2) is 0 Å². The zero-order chi connectivity index (χ0) is 15.7. The second kappa shape index (κ2) is 6.34. The average Bonchev–Trinajstić information content (AvgIpc) is 2.54. The van der Waals surface area contributed by atoms with Crippen LogP contribution in [0, 0.1) is 6.92 Å². The molecule has 6 nitrogen and oxygen atoms in total. The first-order valence-corrected chi connectivity index (χ1v) is 8.65. The van der Waals surface area contributed by atoms with Crippen LogP contribution in [0.3, 0.4) is 0 Å². The fraction of sp³-hybridized carbons (Fsp3) is 0.765. The lowest BCUT2D eigenvalue weighted by Gasteiger charge is -2.55. The van der Waals surface area contributed by atoms with Gasteiger partial charge in [-0.2, -0.15) is 0 Å². The Balaban J connectivity index is 1.33. The van der Waals surface area contributed by atoms with E-state index in [1.165, 1.54) is 0 Å². The Bertz CT molecular complexity index is 542. The molecule has 1 spiro atoms. The average molecular weight is 319 g/mol. The maximum Gasteiger partial charge on any atom is 0.316 e. The van der Waals surface area contributed by atoms with Crippen molar-refractivity contribution in [3.05, 3.63) is 18.0 Å². The van der Waals surface area contributed by atoms with Crippen molar-refractivity contribution >= 4 is 0 Å². The van der Waals surface area contributed by atoms with Crippen LogP contribution in [-0.4, -0.2) is 65.5 Å². The van der Waals surface area contributed by atoms with Crippen LogP contribution < -0.4 is 4.74 Å². The topological polar surface area (TPSA) is 56.7 Å². The molecule has 126 valence electrons. The quantitative estimate of drug-likeness (QED) is 0.843. The van der Waals surface area contributed by atoms with E-state index in [9.17, 15) is 0 Å². The summed E-state index contributed by atoms with van der Waals surface area (Å²) in [6.07, 6.45) is 6.05. The van der Waals surface area contributed by atoms with Gasteiger partial charge >= 0.3 is 6.01 Å². The summed E-state index contributed by atoms with van der Waals surface area (Å²) < 4.78 is 17.6. The molecule has 1 aromatic heterocycles. The zero-order valence-corrected chi connectivity index (χ0v) is 13.7. The molecule has 0 aliphatic carbocycles. The normalized spacial score (nSPS) is 28.5. The van der Waals surface area contributed by atoms with Crippen LogP contribution in [0.1, 0.15) is 31.4 Å². The summed E-state index contributed by atoms with van der Waals surface area (Å²) in [7, 11) is 0. The van der Waals surface area contributed by atoms with E-state index in [2.05, 4.69) is 14.9 Å². The van der Waals surface area contributed by atoms with Crippen molar-refractivity contribution in [1.82, 2.24) is 14.9 Å². The van der Waals surface area contributed by atoms with Gasteiger partial charge in [0.1, 0.15) is 6.10 Å². The smallest absolute Gasteiger partial charge is 0.316 e. The number of aryl methyl sites for hydroxylation is 1. The Kier molecular flexibility index (Phi) is 4.22. The molecule has 0 unspecified atom stereocenters. The van der Waals surface area contributed by atoms with Gasteiger partial charge < -0.3 is 14.2 Å². The first-order valence-electron chi connectivity index (χ1n) is 8.65. The molecular weight excluding hydrogens is 294 g/mol. The third-order valence-electron chi connectivity index (χ3n) is 5.18. The molecule has 3 fully saturated rings. The summed E-state index contributed by atoms with van der Waals surface area (Å²) in [4.78, 5) is 11.1. The molecule has 0 saturated carbocycles. The summed E-state index contributed by atoms with van der Waals surface area (Å²) in [5.74, 6) is 0. The van der Waals surface area contributed by atoms with Crippen LogP contribution in [-0.2, 0) is 9.47 Å². The van der Waals surface area contributed by atoms with E-state index in [1.54, 1.807) is 6.20 Å². The van der Waals surface area contributed by atoms with Gasteiger partial charge in [0.25, 0.3) is 0 Å². The fourth-order valence-corrected chi connectivity index (χ4v) is 3.94. The third kappa shape index (κ3) is 3.34. The lowest BCUT2D eigenvalue weighted by Crippen LogP contribution is -2.68. The Labute approximate surface area is 137 Å². The van der Waals surface area contributed by atoms with Crippen LogP contribution in [0.15, 0.2) is 12.3 Å². The SMILES string of the molecule is Cc1ccnc(O[C@@H]2CCOC3(C2)CN(C2CCOCC2)C3)n1. The number of nitrogens with zero attached hydrogens (tertiary/aromatic N) is 3. The molecule has 4 rings (SSSR count). The highest BCUT2D eigenvalue weighted by atomic mass is 16.5. The third-order valence-corrected chi connectivity index (χ3v) is 5.18. The Hall–Kier alpha value is -1.24. The van der Waals surface area contributed by atoms with Crippen LogP contribution in [0.5, 0.6) is 6.01 Å². The van der Waals surface area contributed by atoms with Gasteiger partial charge in [0.2, 0.25) is 0 Å². The maximum absolute atomic E-state index is 6.12. The fourth-order valence-electron chi connectivity index (χ4n) is 3.94. The molecule has 3 saturated heterocycles. The van der Waals surface area contributed by atoms with E-state index >= 15 is 0 Å². The van der Waals surface area contributed by atoms with Crippen LogP contribution in [0.25, 0.3) is 0 Å². The van der Waals surface area contributed by atoms with Crippen LogP contribution in [0.2, 0.25) is 0 Å². The van der Waals surface area contributed by atoms with Gasteiger partial charge in [-0.15, -0.1) is 0 Å². The van der Waals surface area contributed by atoms with Gasteiger partial charge in [-0.05, 0) is 25.8 Å². The predicted molar refractivity (Wildman–Crippen MR) is 84.5 cm³/mol. The van der Waals surface area contributed by atoms with Gasteiger partial charge in [-0.25, -0.2) is 9.97 Å². The minimum Gasteiger partial charge on any atom is -0.460 e. The highest BCUT2D eigenvalue weighted by molar-refractivity contribution is 5.06. The molecule has 4 heterocycles. The van der Waals surface area contributed by atoms with Crippen molar-refractivity contribution in [2.24, 2.45) is 0 Å². The molecule has 1 aromatic rings. The zero-order valence-electron chi connectivity index (χ0n) is 13.7. The van der Waals surface area contributed by atoms with E-state index in [0.29, 0.717) is 12.1 Å². The number of hydrogen-bond acceptors (Lipinski definition) is 6. The lowest BCUT2D eigenvalue weighted by atomic mass is 9.83. The largest absolute Gasteiger partial charge is 0.460 e. The first kappa shape index (κ1) is 15.3. The number of ether oxygens (including phenoxy) is 3. The van der Waals surface area contributed by atoms with Crippen LogP contribution >= 0.6 is 0 Å². The standard InChI is InChI=1S/C17H25N3O3/c1-13-2-6-18-16(19-13)23-15-5-9-22-17(10-15)11-20(12-17)14-3-7-21-8-4-14/h2,6,14-15H,3-5,7-12H2,1H3/t15-/m1/s1. The first-order chi connectivity index (χ1) is 11.2. The minimum absolute atomic E-state index is 0.0228. The van der Waals surface area contributed by atoms with Gasteiger partial charge in [-0.1, -0.05) is 0 Å². The van der Waals surface area contributed by atoms with Crippen molar-refractivity contribution < 1.29 is 14.2 Å². The lowest BCUT2D eigenvalue weighted by molar-refractivity contribution is -0.200. The summed E-state index contributed by atoms with van der Waals surface area (Å²) in [6.45, 7) is 6.55. The van der Waals surface area contributed by atoms with Crippen molar-refractivity contribution in [3.63, 3.8) is 0 Å². The molecule has 3 aliphatic heterocycles. The summed E-state index contributed by atoms with van der Waals surface area (Å²) in [6, 6.07) is 3.04. The van der Waals surface area contributed by atoms with Gasteiger partial charge in [0, 0.05) is 57.1 Å². The predicted octanol–water partition coefficient (Wildman–Crippen LogP) is 1.58. The summed E-state index contributed by atoms with van der Waals surface area (Å²) in [5, 5.41) is 0. The van der Waals surface area contributed by atoms with Gasteiger partial charge in [-0.3, -0.25) is 4.90 Å². The second-order valence-corrected chi connectivity index (χ2v) is 6.99. The van der Waals surface area contributed by atoms with Crippen molar-refractivity contribution in [3.8, 4) is 6.01 Å². The Morgan fingerprint density at radius 2 is 2.04 bits per heavy atom. The number of rotatable bonds is 3. The monoisotopic (exact) mass is 319 g/mol. The molecule has 6 heteroatoms. The number of aromatic nitrogens is 2. The van der Waals surface area contributed by atoms with Gasteiger partial charge in [0.05, 0.1) is 12.2 Å². The summed E-state index contributed by atoms with van der Waals surface area (Å²) >= 11 is 0. The minimum atomic E-state index is -0.0228. The molecule has 0 radical (unpaired) electrons. The molecular formula is C17H25N3O3. The highest BCUT2D eigenvalue weighted by Gasteiger charge is 2.50. The number of likely N-dealkylation sites (tertiary alicyclic amines) is 1. The van der Waals surface area contributed by atoms with Crippen molar-refractivity contribution in [1.29, 1.82) is 0 Å². The molecule has 23 heavy (non-hydrogen) atoms. The number of hydrogen-bond donors (Lipinski definition) is 0. The molecule has 0 aromatic carbocycles. The Morgan fingerprint density at radius 3 is 2.83 bits per heavy atom. The van der Waals surface area contributed by atoms with E-state index in [4.69, 9.17) is 14.2 Å². The molecule has 0 amide bonds. The highest BCUT2D eigenvalue weighted by Crippen LogP contribution is 2.37. The molecule has 1 atom stereocenters. The molecule has 0 bridgehead atoms. The van der Waals surface area contributed by atoms with E-state index in [0.717, 1.165) is 64.3 Å². The Morgan fingerprint density at radius 1 is 1.22 bits per heavy atom. The molecule has 0 N–H and O–H groups in total. The van der Waals surface area contributed by atoms with Crippen molar-refractivity contribution in [2.45, 2.75) is 50.4 Å². The molecule has 3 aliphatic rings. The second-order valence-electron chi connectivity index (χ2n) is 6.99. The van der Waals surface area contributed by atoms with Crippen molar-refractivity contribution in [2.75, 3.05) is 32.9 Å². The maximum atomic E-state index is 6.12. The van der Waals surface area contributed by atoms with E-state index in [-0.39, 0.29) is 11.7 Å². The van der Waals surface area contributed by atoms with E-state index < -0.39 is 0 Å². The summed E-state index contributed by atoms with van der Waals surface area (Å²) in [5.41, 5.74) is 0.913. The van der Waals surface area contributed by atoms with E-state index in [1.807, 2.05) is 13.0 Å². The van der Waals surface area contributed by atoms with Crippen LogP contribution in [0.4, 0.5) is 0 Å².